The molecule has 0 aliphatic heterocycles. The summed E-state index contributed by atoms with van der Waals surface area (Å²) in [7, 11) is 0. The molecule has 0 spiro atoms. The van der Waals surface area contributed by atoms with Crippen molar-refractivity contribution in [1.82, 2.24) is 19.5 Å². The van der Waals surface area contributed by atoms with Gasteiger partial charge in [0.1, 0.15) is 24.2 Å². The molecule has 0 atom stereocenters. The Balaban J connectivity index is 1.63. The fourth-order valence-corrected chi connectivity index (χ4v) is 2.57. The van der Waals surface area contributed by atoms with Gasteiger partial charge in [-0.1, -0.05) is 36.4 Å². The van der Waals surface area contributed by atoms with Crippen LogP contribution in [-0.2, 0) is 6.61 Å². The number of halogens is 1. The maximum absolute atomic E-state index is 5.90. The van der Waals surface area contributed by atoms with E-state index in [2.05, 4.69) is 15.0 Å². The van der Waals surface area contributed by atoms with Gasteiger partial charge in [0, 0.05) is 6.07 Å². The van der Waals surface area contributed by atoms with Gasteiger partial charge in [-0.15, -0.1) is 0 Å². The molecular weight excluding hydrogens is 324 g/mol. The number of benzene rings is 2. The van der Waals surface area contributed by atoms with Crippen LogP contribution in [0, 0.1) is 0 Å². The summed E-state index contributed by atoms with van der Waals surface area (Å²) in [6.45, 7) is 0.517. The molecule has 0 amide bonds. The molecule has 24 heavy (non-hydrogen) atoms. The summed E-state index contributed by atoms with van der Waals surface area (Å²) in [5.74, 6) is 0.776. The van der Waals surface area contributed by atoms with E-state index in [0.717, 1.165) is 17.0 Å². The molecule has 0 saturated carbocycles. The van der Waals surface area contributed by atoms with Crippen LogP contribution in [0.5, 0.6) is 5.75 Å². The number of fused-ring (bicyclic) bond motifs is 1. The highest BCUT2D eigenvalue weighted by molar-refractivity contribution is 6.28. The zero-order valence-corrected chi connectivity index (χ0v) is 13.4. The molecular formula is C18H13ClN4O. The van der Waals surface area contributed by atoms with Gasteiger partial charge < -0.3 is 4.74 Å². The molecule has 0 radical (unpaired) electrons. The molecule has 5 nitrogen and oxygen atoms in total. The van der Waals surface area contributed by atoms with Gasteiger partial charge in [0.2, 0.25) is 5.28 Å². The molecule has 0 aliphatic rings. The molecule has 2 aromatic heterocycles. The Morgan fingerprint density at radius 3 is 2.75 bits per heavy atom. The molecule has 2 heterocycles. The molecule has 0 aliphatic carbocycles. The van der Waals surface area contributed by atoms with Gasteiger partial charge in [-0.3, -0.25) is 4.57 Å². The van der Waals surface area contributed by atoms with E-state index >= 15 is 0 Å². The Labute approximate surface area is 143 Å². The maximum Gasteiger partial charge on any atom is 0.224 e. The highest BCUT2D eigenvalue weighted by atomic mass is 35.5. The number of ether oxygens (including phenoxy) is 1. The highest BCUT2D eigenvalue weighted by Crippen LogP contribution is 2.21. The van der Waals surface area contributed by atoms with Gasteiger partial charge in [-0.05, 0) is 29.3 Å². The van der Waals surface area contributed by atoms with Crippen molar-refractivity contribution in [1.29, 1.82) is 0 Å². The number of hydrogen-bond acceptors (Lipinski definition) is 4. The van der Waals surface area contributed by atoms with Crippen molar-refractivity contribution in [2.45, 2.75) is 6.61 Å². The summed E-state index contributed by atoms with van der Waals surface area (Å²) in [4.78, 5) is 12.5. The first-order valence-corrected chi connectivity index (χ1v) is 7.80. The van der Waals surface area contributed by atoms with Crippen LogP contribution in [0.2, 0.25) is 5.28 Å². The zero-order valence-electron chi connectivity index (χ0n) is 12.6. The molecule has 0 saturated heterocycles. The molecule has 6 heteroatoms. The number of rotatable bonds is 4. The average Bonchev–Trinajstić information content (AvgIpc) is 3.04. The van der Waals surface area contributed by atoms with Crippen LogP contribution in [0.4, 0.5) is 0 Å². The predicted molar refractivity (Wildman–Crippen MR) is 92.4 cm³/mol. The number of nitrogens with zero attached hydrogens (tertiary/aromatic N) is 4. The summed E-state index contributed by atoms with van der Waals surface area (Å²) < 4.78 is 7.73. The predicted octanol–water partition coefficient (Wildman–Crippen LogP) is 4.05. The van der Waals surface area contributed by atoms with Crippen LogP contribution >= 0.6 is 11.6 Å². The minimum atomic E-state index is 0.195. The Kier molecular flexibility index (Phi) is 3.84. The summed E-state index contributed by atoms with van der Waals surface area (Å²) in [6.07, 6.45) is 3.31. The second-order valence-electron chi connectivity index (χ2n) is 5.23. The van der Waals surface area contributed by atoms with Crippen molar-refractivity contribution in [3.8, 4) is 11.4 Å². The third kappa shape index (κ3) is 2.94. The lowest BCUT2D eigenvalue weighted by atomic mass is 10.2. The van der Waals surface area contributed by atoms with Crippen molar-refractivity contribution >= 4 is 22.8 Å². The van der Waals surface area contributed by atoms with E-state index in [1.54, 1.807) is 12.5 Å². The van der Waals surface area contributed by atoms with Gasteiger partial charge in [0.25, 0.3) is 0 Å². The minimum absolute atomic E-state index is 0.195. The van der Waals surface area contributed by atoms with E-state index in [-0.39, 0.29) is 5.28 Å². The van der Waals surface area contributed by atoms with Crippen LogP contribution in [0.3, 0.4) is 0 Å². The monoisotopic (exact) mass is 336 g/mol. The molecule has 118 valence electrons. The molecule has 2 aromatic carbocycles. The zero-order chi connectivity index (χ0) is 16.4. The summed E-state index contributed by atoms with van der Waals surface area (Å²) in [5, 5.41) is 0.195. The molecule has 0 bridgehead atoms. The Hall–Kier alpha value is -2.92. The van der Waals surface area contributed by atoms with Crippen molar-refractivity contribution < 1.29 is 4.74 Å². The van der Waals surface area contributed by atoms with E-state index in [4.69, 9.17) is 16.3 Å². The van der Waals surface area contributed by atoms with E-state index in [1.165, 1.54) is 0 Å². The molecule has 4 aromatic rings. The average molecular weight is 337 g/mol. The fourth-order valence-electron chi connectivity index (χ4n) is 2.44. The first-order valence-electron chi connectivity index (χ1n) is 7.42. The lowest BCUT2D eigenvalue weighted by Crippen LogP contribution is -1.98. The second-order valence-corrected chi connectivity index (χ2v) is 5.57. The van der Waals surface area contributed by atoms with E-state index < -0.39 is 0 Å². The third-order valence-electron chi connectivity index (χ3n) is 3.61. The number of aromatic nitrogens is 4. The number of hydrogen-bond donors (Lipinski definition) is 0. The van der Waals surface area contributed by atoms with Gasteiger partial charge in [-0.2, -0.15) is 4.98 Å². The first-order chi connectivity index (χ1) is 11.8. The standard InChI is InChI=1S/C18H13ClN4O/c19-18-20-10-16-17(22-18)23(12-21-16)14-7-4-8-15(9-14)24-11-13-5-2-1-3-6-13/h1-10,12H,11H2. The van der Waals surface area contributed by atoms with Crippen molar-refractivity contribution in [3.63, 3.8) is 0 Å². The van der Waals surface area contributed by atoms with E-state index in [9.17, 15) is 0 Å². The van der Waals surface area contributed by atoms with Gasteiger partial charge in [0.05, 0.1) is 11.9 Å². The topological polar surface area (TPSA) is 52.8 Å². The Morgan fingerprint density at radius 1 is 1.00 bits per heavy atom. The van der Waals surface area contributed by atoms with Crippen molar-refractivity contribution in [2.24, 2.45) is 0 Å². The van der Waals surface area contributed by atoms with Gasteiger partial charge >= 0.3 is 0 Å². The Morgan fingerprint density at radius 2 is 1.88 bits per heavy atom. The Bertz CT molecular complexity index is 985. The largest absolute Gasteiger partial charge is 0.489 e. The first kappa shape index (κ1) is 14.7. The maximum atomic E-state index is 5.90. The van der Waals surface area contributed by atoms with Crippen LogP contribution < -0.4 is 4.74 Å². The van der Waals surface area contributed by atoms with Crippen molar-refractivity contribution in [2.75, 3.05) is 0 Å². The highest BCUT2D eigenvalue weighted by Gasteiger charge is 2.08. The second kappa shape index (κ2) is 6.29. The molecule has 0 unspecified atom stereocenters. The lowest BCUT2D eigenvalue weighted by Gasteiger charge is -2.09. The van der Waals surface area contributed by atoms with Crippen LogP contribution in [0.1, 0.15) is 5.56 Å². The third-order valence-corrected chi connectivity index (χ3v) is 3.79. The van der Waals surface area contributed by atoms with Crippen LogP contribution in [0.15, 0.2) is 67.1 Å². The molecule has 0 N–H and O–H groups in total. The summed E-state index contributed by atoms with van der Waals surface area (Å²) >= 11 is 5.90. The molecule has 0 fully saturated rings. The summed E-state index contributed by atoms with van der Waals surface area (Å²) in [5.41, 5.74) is 3.37. The SMILES string of the molecule is Clc1ncc2ncn(-c3cccc(OCc4ccccc4)c3)c2n1. The van der Waals surface area contributed by atoms with Crippen LogP contribution in [0.25, 0.3) is 16.9 Å². The number of imidazole rings is 1. The minimum Gasteiger partial charge on any atom is -0.489 e. The lowest BCUT2D eigenvalue weighted by molar-refractivity contribution is 0.306. The van der Waals surface area contributed by atoms with Crippen molar-refractivity contribution in [3.05, 3.63) is 78.0 Å². The molecule has 4 rings (SSSR count). The fraction of sp³-hybridized carbons (Fsp3) is 0.0556. The smallest absolute Gasteiger partial charge is 0.224 e. The van der Waals surface area contributed by atoms with E-state index in [1.807, 2.05) is 59.2 Å². The normalized spacial score (nSPS) is 10.9. The quantitative estimate of drug-likeness (QED) is 0.528. The van der Waals surface area contributed by atoms with Crippen LogP contribution in [-0.4, -0.2) is 19.5 Å². The summed E-state index contributed by atoms with van der Waals surface area (Å²) in [6, 6.07) is 17.8. The van der Waals surface area contributed by atoms with Gasteiger partial charge in [-0.25, -0.2) is 9.97 Å². The van der Waals surface area contributed by atoms with Gasteiger partial charge in [0.15, 0.2) is 5.65 Å². The van der Waals surface area contributed by atoms with E-state index in [0.29, 0.717) is 17.8 Å².